The molecule has 0 unspecified atom stereocenters. The summed E-state index contributed by atoms with van der Waals surface area (Å²) in [7, 11) is 0. The Morgan fingerprint density at radius 1 is 1.06 bits per heavy atom. The van der Waals surface area contributed by atoms with Gasteiger partial charge in [-0.1, -0.05) is 42.3 Å². The van der Waals surface area contributed by atoms with E-state index < -0.39 is 0 Å². The molecule has 2 aromatic rings. The zero-order valence-electron chi connectivity index (χ0n) is 9.46. The van der Waals surface area contributed by atoms with Gasteiger partial charge in [0.15, 0.2) is 0 Å². The van der Waals surface area contributed by atoms with Crippen LogP contribution in [0.15, 0.2) is 36.4 Å². The summed E-state index contributed by atoms with van der Waals surface area (Å²) in [5.74, 6) is 2.98. The SMILES string of the molecule is C#CC1(c2ccc(C)c3ccccc23)CC1. The quantitative estimate of drug-likeness (QED) is 0.622. The van der Waals surface area contributed by atoms with E-state index in [1.165, 1.54) is 21.9 Å². The monoisotopic (exact) mass is 206 g/mol. The van der Waals surface area contributed by atoms with Gasteiger partial charge in [-0.05, 0) is 41.7 Å². The second-order valence-electron chi connectivity index (χ2n) is 4.70. The summed E-state index contributed by atoms with van der Waals surface area (Å²) in [6.45, 7) is 2.15. The highest BCUT2D eigenvalue weighted by Gasteiger charge is 2.43. The molecule has 0 amide bonds. The van der Waals surface area contributed by atoms with Crippen LogP contribution in [0.1, 0.15) is 24.0 Å². The fraction of sp³-hybridized carbons (Fsp3) is 0.250. The molecule has 0 bridgehead atoms. The Hall–Kier alpha value is -1.74. The van der Waals surface area contributed by atoms with Crippen LogP contribution in [0.5, 0.6) is 0 Å². The Morgan fingerprint density at radius 2 is 1.75 bits per heavy atom. The van der Waals surface area contributed by atoms with Gasteiger partial charge in [0.2, 0.25) is 0 Å². The molecule has 0 aliphatic heterocycles. The normalized spacial score (nSPS) is 17.0. The third-order valence-electron chi connectivity index (χ3n) is 3.68. The second kappa shape index (κ2) is 3.12. The molecule has 1 saturated carbocycles. The van der Waals surface area contributed by atoms with Crippen molar-refractivity contribution in [3.8, 4) is 12.3 Å². The molecule has 0 N–H and O–H groups in total. The van der Waals surface area contributed by atoms with Gasteiger partial charge in [0.1, 0.15) is 0 Å². The van der Waals surface area contributed by atoms with Crippen molar-refractivity contribution in [3.63, 3.8) is 0 Å². The minimum Gasteiger partial charge on any atom is -0.119 e. The van der Waals surface area contributed by atoms with Crippen LogP contribution in [0.2, 0.25) is 0 Å². The molecular formula is C16H14. The zero-order chi connectivity index (χ0) is 11.2. The van der Waals surface area contributed by atoms with Gasteiger partial charge in [-0.15, -0.1) is 6.42 Å². The van der Waals surface area contributed by atoms with E-state index in [1.54, 1.807) is 0 Å². The fourth-order valence-electron chi connectivity index (χ4n) is 2.48. The van der Waals surface area contributed by atoms with Crippen molar-refractivity contribution in [2.45, 2.75) is 25.2 Å². The predicted molar refractivity (Wildman–Crippen MR) is 68.4 cm³/mol. The van der Waals surface area contributed by atoms with Crippen LogP contribution in [0.4, 0.5) is 0 Å². The first-order chi connectivity index (χ1) is 7.77. The van der Waals surface area contributed by atoms with Crippen LogP contribution in [-0.2, 0) is 5.41 Å². The first kappa shape index (κ1) is 9.48. The van der Waals surface area contributed by atoms with Crippen molar-refractivity contribution < 1.29 is 0 Å². The van der Waals surface area contributed by atoms with E-state index in [0.29, 0.717) is 0 Å². The Balaban J connectivity index is 2.36. The second-order valence-corrected chi connectivity index (χ2v) is 4.70. The largest absolute Gasteiger partial charge is 0.119 e. The number of terminal acetylenes is 1. The minimum atomic E-state index is 0.0350. The van der Waals surface area contributed by atoms with Crippen molar-refractivity contribution in [2.24, 2.45) is 0 Å². The maximum Gasteiger partial charge on any atom is 0.0567 e. The molecule has 0 saturated heterocycles. The van der Waals surface area contributed by atoms with Crippen molar-refractivity contribution >= 4 is 10.8 Å². The first-order valence-electron chi connectivity index (χ1n) is 5.73. The molecule has 2 aromatic carbocycles. The number of rotatable bonds is 1. The minimum absolute atomic E-state index is 0.0350. The van der Waals surface area contributed by atoms with E-state index in [0.717, 1.165) is 12.8 Å². The van der Waals surface area contributed by atoms with Gasteiger partial charge in [0.05, 0.1) is 5.41 Å². The lowest BCUT2D eigenvalue weighted by Crippen LogP contribution is -2.03. The summed E-state index contributed by atoms with van der Waals surface area (Å²) in [5, 5.41) is 2.67. The zero-order valence-corrected chi connectivity index (χ0v) is 9.46. The highest BCUT2D eigenvalue weighted by molar-refractivity contribution is 5.90. The molecule has 0 atom stereocenters. The lowest BCUT2D eigenvalue weighted by atomic mass is 9.90. The van der Waals surface area contributed by atoms with Gasteiger partial charge in [-0.3, -0.25) is 0 Å². The van der Waals surface area contributed by atoms with Crippen LogP contribution in [0, 0.1) is 19.3 Å². The summed E-state index contributed by atoms with van der Waals surface area (Å²) in [4.78, 5) is 0. The fourth-order valence-corrected chi connectivity index (χ4v) is 2.48. The topological polar surface area (TPSA) is 0 Å². The van der Waals surface area contributed by atoms with Gasteiger partial charge in [-0.2, -0.15) is 0 Å². The molecule has 0 heteroatoms. The molecule has 16 heavy (non-hydrogen) atoms. The molecule has 0 aromatic heterocycles. The van der Waals surface area contributed by atoms with Gasteiger partial charge >= 0.3 is 0 Å². The van der Waals surface area contributed by atoms with Gasteiger partial charge < -0.3 is 0 Å². The molecule has 1 aliphatic carbocycles. The van der Waals surface area contributed by atoms with Crippen LogP contribution in [-0.4, -0.2) is 0 Å². The van der Waals surface area contributed by atoms with Crippen LogP contribution >= 0.6 is 0 Å². The molecule has 1 fully saturated rings. The van der Waals surface area contributed by atoms with E-state index in [4.69, 9.17) is 6.42 Å². The number of aryl methyl sites for hydroxylation is 1. The molecule has 0 radical (unpaired) electrons. The van der Waals surface area contributed by atoms with E-state index in [9.17, 15) is 0 Å². The highest BCUT2D eigenvalue weighted by atomic mass is 14.4. The van der Waals surface area contributed by atoms with Crippen LogP contribution in [0.3, 0.4) is 0 Å². The van der Waals surface area contributed by atoms with Gasteiger partial charge in [0.25, 0.3) is 0 Å². The van der Waals surface area contributed by atoms with E-state index >= 15 is 0 Å². The Kier molecular flexibility index (Phi) is 1.85. The number of hydrogen-bond acceptors (Lipinski definition) is 0. The third-order valence-corrected chi connectivity index (χ3v) is 3.68. The van der Waals surface area contributed by atoms with Crippen molar-refractivity contribution in [3.05, 3.63) is 47.5 Å². The first-order valence-corrected chi connectivity index (χ1v) is 5.73. The summed E-state index contributed by atoms with van der Waals surface area (Å²) in [5.41, 5.74) is 2.70. The molecule has 3 rings (SSSR count). The number of hydrogen-bond donors (Lipinski definition) is 0. The van der Waals surface area contributed by atoms with Crippen LogP contribution in [0.25, 0.3) is 10.8 Å². The highest BCUT2D eigenvalue weighted by Crippen LogP contribution is 2.49. The predicted octanol–water partition coefficient (Wildman–Crippen LogP) is 3.81. The van der Waals surface area contributed by atoms with E-state index in [-0.39, 0.29) is 5.41 Å². The molecule has 1 aliphatic rings. The molecule has 78 valence electrons. The average Bonchev–Trinajstić information content (AvgIpc) is 3.11. The van der Waals surface area contributed by atoms with Crippen molar-refractivity contribution in [2.75, 3.05) is 0 Å². The Morgan fingerprint density at radius 3 is 2.38 bits per heavy atom. The van der Waals surface area contributed by atoms with E-state index in [2.05, 4.69) is 49.2 Å². The summed E-state index contributed by atoms with van der Waals surface area (Å²) < 4.78 is 0. The summed E-state index contributed by atoms with van der Waals surface area (Å²) in [6, 6.07) is 13.0. The van der Waals surface area contributed by atoms with Crippen LogP contribution < -0.4 is 0 Å². The number of benzene rings is 2. The van der Waals surface area contributed by atoms with Gasteiger partial charge in [0, 0.05) is 0 Å². The summed E-state index contributed by atoms with van der Waals surface area (Å²) in [6.07, 6.45) is 7.95. The smallest absolute Gasteiger partial charge is 0.0567 e. The Bertz CT molecular complexity index is 595. The lowest BCUT2D eigenvalue weighted by Gasteiger charge is -2.13. The Labute approximate surface area is 96.3 Å². The molecule has 0 nitrogen and oxygen atoms in total. The third kappa shape index (κ3) is 1.18. The maximum atomic E-state index is 5.68. The van der Waals surface area contributed by atoms with Crippen molar-refractivity contribution in [1.29, 1.82) is 0 Å². The van der Waals surface area contributed by atoms with E-state index in [1.807, 2.05) is 0 Å². The lowest BCUT2D eigenvalue weighted by molar-refractivity contribution is 0.943. The van der Waals surface area contributed by atoms with Crippen molar-refractivity contribution in [1.82, 2.24) is 0 Å². The van der Waals surface area contributed by atoms with Gasteiger partial charge in [-0.25, -0.2) is 0 Å². The average molecular weight is 206 g/mol. The molecule has 0 heterocycles. The molecular weight excluding hydrogens is 192 g/mol. The maximum absolute atomic E-state index is 5.68. The standard InChI is InChI=1S/C16H14/c1-3-16(10-11-16)15-9-8-12(2)13-6-4-5-7-14(13)15/h1,4-9H,10-11H2,2H3. The summed E-state index contributed by atoms with van der Waals surface area (Å²) >= 11 is 0. The number of fused-ring (bicyclic) bond motifs is 1. The molecule has 0 spiro atoms.